The smallest absolute Gasteiger partial charge is 0.132 e. The molecular weight excluding hydrogens is 256 g/mol. The van der Waals surface area contributed by atoms with Gasteiger partial charge in [-0.15, -0.1) is 0 Å². The summed E-state index contributed by atoms with van der Waals surface area (Å²) in [5.74, 6) is 0.541. The molecule has 3 aromatic heterocycles. The summed E-state index contributed by atoms with van der Waals surface area (Å²) in [6.45, 7) is 0.889. The van der Waals surface area contributed by atoms with Gasteiger partial charge < -0.3 is 10.3 Å². The maximum Gasteiger partial charge on any atom is 0.132 e. The molecule has 0 amide bonds. The lowest BCUT2D eigenvalue weighted by molar-refractivity contribution is 0.703. The van der Waals surface area contributed by atoms with E-state index in [1.54, 1.807) is 17.5 Å². The molecule has 3 heterocycles. The monoisotopic (exact) mass is 270 g/mol. The van der Waals surface area contributed by atoms with Crippen LogP contribution in [-0.2, 0) is 13.0 Å². The maximum atomic E-state index is 5.92. The number of anilines is 1. The minimum absolute atomic E-state index is 0.541. The molecule has 0 radical (unpaired) electrons. The zero-order valence-electron chi connectivity index (χ0n) is 10.4. The first-order chi connectivity index (χ1) is 9.34. The minimum Gasteiger partial charge on any atom is -0.383 e. The van der Waals surface area contributed by atoms with Gasteiger partial charge in [-0.3, -0.25) is 0 Å². The highest BCUT2D eigenvalue weighted by Crippen LogP contribution is 2.23. The Labute approximate surface area is 115 Å². The van der Waals surface area contributed by atoms with Crippen LogP contribution in [0.5, 0.6) is 0 Å². The topological polar surface area (TPSA) is 56.7 Å². The van der Waals surface area contributed by atoms with Gasteiger partial charge in [0.05, 0.1) is 18.2 Å². The zero-order valence-corrected chi connectivity index (χ0v) is 11.2. The van der Waals surface area contributed by atoms with Crippen LogP contribution in [0, 0.1) is 0 Å². The van der Waals surface area contributed by atoms with Gasteiger partial charge in [-0.2, -0.15) is 11.3 Å². The van der Waals surface area contributed by atoms with Crippen molar-refractivity contribution in [3.63, 3.8) is 0 Å². The fourth-order valence-electron chi connectivity index (χ4n) is 2.04. The van der Waals surface area contributed by atoms with E-state index < -0.39 is 0 Å². The van der Waals surface area contributed by atoms with Crippen molar-refractivity contribution in [2.24, 2.45) is 0 Å². The molecule has 0 saturated carbocycles. The van der Waals surface area contributed by atoms with E-state index in [1.165, 1.54) is 5.56 Å². The first-order valence-electron chi connectivity index (χ1n) is 6.06. The summed E-state index contributed by atoms with van der Waals surface area (Å²) in [4.78, 5) is 8.35. The third-order valence-corrected chi connectivity index (χ3v) is 3.78. The summed E-state index contributed by atoms with van der Waals surface area (Å²) in [5, 5.41) is 4.28. The van der Waals surface area contributed by atoms with Crippen LogP contribution in [0.4, 0.5) is 5.82 Å². The van der Waals surface area contributed by atoms with Crippen molar-refractivity contribution in [3.05, 3.63) is 53.2 Å². The van der Waals surface area contributed by atoms with Crippen LogP contribution in [0.25, 0.3) is 11.3 Å². The highest BCUT2D eigenvalue weighted by atomic mass is 32.1. The van der Waals surface area contributed by atoms with Gasteiger partial charge >= 0.3 is 0 Å². The molecule has 19 heavy (non-hydrogen) atoms. The van der Waals surface area contributed by atoms with Crippen LogP contribution < -0.4 is 5.73 Å². The van der Waals surface area contributed by atoms with E-state index in [9.17, 15) is 0 Å². The lowest BCUT2D eigenvalue weighted by Crippen LogP contribution is -2.03. The van der Waals surface area contributed by atoms with Crippen LogP contribution in [0.15, 0.2) is 47.7 Å². The normalized spacial score (nSPS) is 10.7. The Hall–Kier alpha value is -2.14. The molecule has 0 atom stereocenters. The van der Waals surface area contributed by atoms with Crippen LogP contribution >= 0.6 is 11.3 Å². The largest absolute Gasteiger partial charge is 0.383 e. The van der Waals surface area contributed by atoms with Gasteiger partial charge in [-0.05, 0) is 40.9 Å². The molecule has 0 aliphatic carbocycles. The molecule has 0 bridgehead atoms. The number of nitrogen functional groups attached to an aromatic ring is 1. The molecule has 0 unspecified atom stereocenters. The van der Waals surface area contributed by atoms with E-state index in [2.05, 4.69) is 31.4 Å². The molecule has 0 spiro atoms. The molecule has 0 aliphatic heterocycles. The second kappa shape index (κ2) is 5.24. The Kier molecular flexibility index (Phi) is 3.29. The minimum atomic E-state index is 0.541. The molecular formula is C14H14N4S. The van der Waals surface area contributed by atoms with Gasteiger partial charge in [0.15, 0.2) is 0 Å². The summed E-state index contributed by atoms with van der Waals surface area (Å²) in [7, 11) is 0. The van der Waals surface area contributed by atoms with Crippen LogP contribution in [-0.4, -0.2) is 14.5 Å². The number of nitrogens with two attached hydrogens (primary N) is 1. The molecule has 0 fully saturated rings. The van der Waals surface area contributed by atoms with Gasteiger partial charge in [0, 0.05) is 18.3 Å². The van der Waals surface area contributed by atoms with Crippen molar-refractivity contribution in [2.75, 3.05) is 5.73 Å². The maximum absolute atomic E-state index is 5.92. The van der Waals surface area contributed by atoms with Gasteiger partial charge in [0.25, 0.3) is 0 Å². The molecule has 0 aromatic carbocycles. The van der Waals surface area contributed by atoms with E-state index in [-0.39, 0.29) is 0 Å². The average molecular weight is 270 g/mol. The fourth-order valence-corrected chi connectivity index (χ4v) is 2.74. The van der Waals surface area contributed by atoms with Gasteiger partial charge in [-0.25, -0.2) is 9.97 Å². The molecule has 0 aliphatic rings. The van der Waals surface area contributed by atoms with Crippen LogP contribution in [0.3, 0.4) is 0 Å². The first kappa shape index (κ1) is 11.9. The third-order valence-electron chi connectivity index (χ3n) is 3.05. The van der Waals surface area contributed by atoms with Crippen molar-refractivity contribution in [1.82, 2.24) is 14.5 Å². The fraction of sp³-hybridized carbons (Fsp3) is 0.143. The molecule has 4 nitrogen and oxygen atoms in total. The number of hydrogen-bond acceptors (Lipinski definition) is 4. The summed E-state index contributed by atoms with van der Waals surface area (Å²) in [6.07, 6.45) is 6.37. The van der Waals surface area contributed by atoms with Crippen molar-refractivity contribution >= 4 is 17.2 Å². The van der Waals surface area contributed by atoms with Crippen LogP contribution in [0.2, 0.25) is 0 Å². The third kappa shape index (κ3) is 2.51. The summed E-state index contributed by atoms with van der Waals surface area (Å²) in [6, 6.07) is 6.02. The lowest BCUT2D eigenvalue weighted by Gasteiger charge is -2.09. The Morgan fingerprint density at radius 2 is 2.26 bits per heavy atom. The SMILES string of the molecule is Nc1ncccc1-c1cncn1CCc1ccsc1. The Balaban J connectivity index is 1.84. The second-order valence-electron chi connectivity index (χ2n) is 4.29. The number of aryl methyl sites for hydroxylation is 2. The number of nitrogens with zero attached hydrogens (tertiary/aromatic N) is 3. The van der Waals surface area contributed by atoms with Crippen molar-refractivity contribution in [1.29, 1.82) is 0 Å². The number of rotatable bonds is 4. The van der Waals surface area contributed by atoms with Gasteiger partial charge in [0.1, 0.15) is 5.82 Å². The average Bonchev–Trinajstić information content (AvgIpc) is 3.08. The van der Waals surface area contributed by atoms with E-state index in [1.807, 2.05) is 24.7 Å². The quantitative estimate of drug-likeness (QED) is 0.793. The number of thiophene rings is 1. The predicted octanol–water partition coefficient (Wildman–Crippen LogP) is 2.83. The van der Waals surface area contributed by atoms with E-state index in [4.69, 9.17) is 5.73 Å². The summed E-state index contributed by atoms with van der Waals surface area (Å²) < 4.78 is 2.12. The van der Waals surface area contributed by atoms with Crippen molar-refractivity contribution in [3.8, 4) is 11.3 Å². The second-order valence-corrected chi connectivity index (χ2v) is 5.07. The number of imidazole rings is 1. The number of pyridine rings is 1. The van der Waals surface area contributed by atoms with Crippen LogP contribution in [0.1, 0.15) is 5.56 Å². The zero-order chi connectivity index (χ0) is 13.1. The molecule has 96 valence electrons. The van der Waals surface area contributed by atoms with Crippen molar-refractivity contribution < 1.29 is 0 Å². The van der Waals surface area contributed by atoms with Crippen molar-refractivity contribution in [2.45, 2.75) is 13.0 Å². The molecule has 0 saturated heterocycles. The summed E-state index contributed by atoms with van der Waals surface area (Å²) in [5.41, 5.74) is 9.22. The highest BCUT2D eigenvalue weighted by Gasteiger charge is 2.08. The number of aromatic nitrogens is 3. The first-order valence-corrected chi connectivity index (χ1v) is 7.01. The standard InChI is InChI=1S/C14H14N4S/c15-14-12(2-1-5-17-14)13-8-16-10-18(13)6-3-11-4-7-19-9-11/h1-2,4-5,7-10H,3,6H2,(H2,15,17). The Morgan fingerprint density at radius 1 is 1.32 bits per heavy atom. The van der Waals surface area contributed by atoms with Gasteiger partial charge in [0.2, 0.25) is 0 Å². The number of hydrogen-bond donors (Lipinski definition) is 1. The van der Waals surface area contributed by atoms with Gasteiger partial charge in [-0.1, -0.05) is 0 Å². The molecule has 2 N–H and O–H groups in total. The Bertz CT molecular complexity index is 658. The molecule has 3 aromatic rings. The summed E-state index contributed by atoms with van der Waals surface area (Å²) >= 11 is 1.72. The van der Waals surface area contributed by atoms with E-state index in [0.717, 1.165) is 24.2 Å². The highest BCUT2D eigenvalue weighted by molar-refractivity contribution is 7.07. The molecule has 5 heteroatoms. The molecule has 3 rings (SSSR count). The lowest BCUT2D eigenvalue weighted by atomic mass is 10.2. The van der Waals surface area contributed by atoms with E-state index in [0.29, 0.717) is 5.82 Å². The van der Waals surface area contributed by atoms with E-state index >= 15 is 0 Å². The Morgan fingerprint density at radius 3 is 3.05 bits per heavy atom. The predicted molar refractivity (Wildman–Crippen MR) is 77.9 cm³/mol.